The van der Waals surface area contributed by atoms with E-state index in [0.717, 1.165) is 25.7 Å². The second-order valence-electron chi connectivity index (χ2n) is 13.6. The number of ether oxygens (including phenoxy) is 3. The van der Waals surface area contributed by atoms with Gasteiger partial charge in [0.1, 0.15) is 17.7 Å². The van der Waals surface area contributed by atoms with E-state index in [0.29, 0.717) is 49.9 Å². The SMILES string of the molecule is CO[C@@H](C[C@@H]1CC[C@@H](C)[C@](C)(C(=O)C(=O)N2CCCC[C@H]2C(=O)O[C@@H](CC(=O)O)[C@H](C)C[C@@H]2CC[C@@H](C)[C@H](C)C2)O1)OO. The van der Waals surface area contributed by atoms with E-state index in [-0.39, 0.29) is 31.2 Å². The van der Waals surface area contributed by atoms with Crippen molar-refractivity contribution in [3.63, 3.8) is 0 Å². The van der Waals surface area contributed by atoms with Crippen molar-refractivity contribution in [1.82, 2.24) is 4.90 Å². The summed E-state index contributed by atoms with van der Waals surface area (Å²) in [5, 5.41) is 18.7. The number of esters is 1. The number of likely N-dealkylation sites (tertiary alicyclic amines) is 1. The van der Waals surface area contributed by atoms with Crippen LogP contribution in [-0.4, -0.2) is 82.7 Å². The molecule has 1 saturated carbocycles. The van der Waals surface area contributed by atoms with Crippen molar-refractivity contribution < 1.29 is 48.6 Å². The van der Waals surface area contributed by atoms with Gasteiger partial charge in [0.15, 0.2) is 6.29 Å². The van der Waals surface area contributed by atoms with Crippen LogP contribution in [-0.2, 0) is 38.3 Å². The number of carbonyl (C=O) groups is 4. The molecule has 0 unspecified atom stereocenters. The summed E-state index contributed by atoms with van der Waals surface area (Å²) in [5.41, 5.74) is -1.44. The van der Waals surface area contributed by atoms with Crippen LogP contribution in [0.2, 0.25) is 0 Å². The van der Waals surface area contributed by atoms with E-state index in [1.165, 1.54) is 12.0 Å². The van der Waals surface area contributed by atoms with Gasteiger partial charge in [-0.2, -0.15) is 0 Å². The van der Waals surface area contributed by atoms with E-state index in [4.69, 9.17) is 19.5 Å². The molecule has 0 aromatic carbocycles. The molecule has 1 aliphatic carbocycles. The molecule has 0 aromatic heterocycles. The van der Waals surface area contributed by atoms with Gasteiger partial charge in [-0.25, -0.2) is 14.9 Å². The molecule has 2 N–H and O–H groups in total. The summed E-state index contributed by atoms with van der Waals surface area (Å²) in [4.78, 5) is 58.4. The number of methoxy groups -OCH3 is 1. The molecule has 2 saturated heterocycles. The average Bonchev–Trinajstić information content (AvgIpc) is 2.98. The fourth-order valence-corrected chi connectivity index (χ4v) is 7.14. The lowest BCUT2D eigenvalue weighted by atomic mass is 9.72. The summed E-state index contributed by atoms with van der Waals surface area (Å²) in [5.74, 6) is -1.95. The Morgan fingerprint density at radius 1 is 1.00 bits per heavy atom. The molecule has 11 heteroatoms. The summed E-state index contributed by atoms with van der Waals surface area (Å²) in [7, 11) is 1.38. The summed E-state index contributed by atoms with van der Waals surface area (Å²) >= 11 is 0. The molecule has 0 radical (unpaired) electrons. The van der Waals surface area contributed by atoms with Crippen LogP contribution in [0, 0.1) is 29.6 Å². The van der Waals surface area contributed by atoms with E-state index in [1.807, 2.05) is 13.8 Å². The smallest absolute Gasteiger partial charge is 0.329 e. The van der Waals surface area contributed by atoms with Gasteiger partial charge in [0.2, 0.25) is 0 Å². The highest BCUT2D eigenvalue weighted by Gasteiger charge is 2.50. The molecule has 11 nitrogen and oxygen atoms in total. The molecule has 3 aliphatic rings. The van der Waals surface area contributed by atoms with Crippen molar-refractivity contribution in [3.05, 3.63) is 0 Å². The average molecular weight is 612 g/mol. The van der Waals surface area contributed by atoms with Gasteiger partial charge in [-0.15, -0.1) is 0 Å². The fraction of sp³-hybridized carbons (Fsp3) is 0.875. The van der Waals surface area contributed by atoms with Crippen molar-refractivity contribution in [2.24, 2.45) is 29.6 Å². The first kappa shape index (κ1) is 35.4. The zero-order chi connectivity index (χ0) is 31.9. The highest BCUT2D eigenvalue weighted by atomic mass is 17.1. The van der Waals surface area contributed by atoms with Crippen molar-refractivity contribution in [3.8, 4) is 0 Å². The molecule has 3 fully saturated rings. The molecule has 10 atom stereocenters. The lowest BCUT2D eigenvalue weighted by molar-refractivity contribution is -0.348. The molecule has 246 valence electrons. The van der Waals surface area contributed by atoms with Gasteiger partial charge in [-0.05, 0) is 81.5 Å². The third-order valence-electron chi connectivity index (χ3n) is 10.5. The van der Waals surface area contributed by atoms with E-state index < -0.39 is 53.8 Å². The maximum Gasteiger partial charge on any atom is 0.329 e. The number of hydrogen-bond donors (Lipinski definition) is 2. The van der Waals surface area contributed by atoms with Gasteiger partial charge in [0.25, 0.3) is 11.7 Å². The number of amides is 1. The van der Waals surface area contributed by atoms with Crippen LogP contribution in [0.3, 0.4) is 0 Å². The maximum atomic E-state index is 13.8. The zero-order valence-electron chi connectivity index (χ0n) is 26.8. The van der Waals surface area contributed by atoms with Gasteiger partial charge in [-0.1, -0.05) is 40.5 Å². The Morgan fingerprint density at radius 3 is 2.35 bits per heavy atom. The minimum Gasteiger partial charge on any atom is -0.481 e. The van der Waals surface area contributed by atoms with Crippen molar-refractivity contribution >= 4 is 23.6 Å². The van der Waals surface area contributed by atoms with Crippen LogP contribution in [0.4, 0.5) is 0 Å². The summed E-state index contributed by atoms with van der Waals surface area (Å²) in [6, 6.07) is -0.969. The zero-order valence-corrected chi connectivity index (χ0v) is 26.8. The van der Waals surface area contributed by atoms with Gasteiger partial charge < -0.3 is 24.2 Å². The molecular weight excluding hydrogens is 558 g/mol. The summed E-state index contributed by atoms with van der Waals surface area (Å²) < 4.78 is 17.1. The number of carboxylic acids is 1. The second kappa shape index (κ2) is 15.8. The Hall–Kier alpha value is -2.08. The number of hydrogen-bond acceptors (Lipinski definition) is 9. The Balaban J connectivity index is 1.71. The lowest BCUT2D eigenvalue weighted by Crippen LogP contribution is -2.59. The number of nitrogens with zero attached hydrogens (tertiary/aromatic N) is 1. The predicted molar refractivity (Wildman–Crippen MR) is 157 cm³/mol. The van der Waals surface area contributed by atoms with Crippen LogP contribution in [0.1, 0.15) is 105 Å². The van der Waals surface area contributed by atoms with Gasteiger partial charge in [0.05, 0.1) is 12.5 Å². The molecular formula is C32H53NO10. The number of rotatable bonds is 13. The number of ketones is 1. The first-order valence-electron chi connectivity index (χ1n) is 16.1. The third-order valence-corrected chi connectivity index (χ3v) is 10.5. The van der Waals surface area contributed by atoms with Gasteiger partial charge in [0, 0.05) is 20.1 Å². The van der Waals surface area contributed by atoms with E-state index in [9.17, 15) is 24.3 Å². The van der Waals surface area contributed by atoms with E-state index in [2.05, 4.69) is 18.7 Å². The van der Waals surface area contributed by atoms with Crippen LogP contribution >= 0.6 is 0 Å². The van der Waals surface area contributed by atoms with Crippen LogP contribution in [0.5, 0.6) is 0 Å². The molecule has 43 heavy (non-hydrogen) atoms. The quantitative estimate of drug-likeness (QED) is 0.0973. The Bertz CT molecular complexity index is 970. The lowest BCUT2D eigenvalue weighted by Gasteiger charge is -2.44. The molecule has 0 bridgehead atoms. The Labute approximate surface area is 255 Å². The third kappa shape index (κ3) is 8.99. The summed E-state index contributed by atoms with van der Waals surface area (Å²) in [6.45, 7) is 10.1. The number of piperidine rings is 1. The van der Waals surface area contributed by atoms with Crippen molar-refractivity contribution in [1.29, 1.82) is 0 Å². The molecule has 0 spiro atoms. The monoisotopic (exact) mass is 611 g/mol. The number of Topliss-reactive ketones (excluding diaryl/α,β-unsaturated/α-hetero) is 1. The normalized spacial score (nSPS) is 33.7. The largest absolute Gasteiger partial charge is 0.481 e. The van der Waals surface area contributed by atoms with Crippen molar-refractivity contribution in [2.75, 3.05) is 13.7 Å². The number of carboxylic acid groups (broad SMARTS) is 1. The second-order valence-corrected chi connectivity index (χ2v) is 13.6. The van der Waals surface area contributed by atoms with Crippen LogP contribution in [0.25, 0.3) is 0 Å². The molecule has 3 rings (SSSR count). The standard InChI is InChI=1S/C32H53NO10/c1-19-10-12-23(15-20(19)2)16-21(3)26(18-27(34)35)41-31(38)25-9-7-8-14-33(25)30(37)29(36)32(5)22(4)11-13-24(42-32)17-28(40-6)43-39/h19-26,28,39H,7-18H2,1-6H3,(H,34,35)/t19-,20-,21-,22-,23-,24+,25+,26+,28-,32-/m1/s1. The minimum absolute atomic E-state index is 0.161. The van der Waals surface area contributed by atoms with E-state index in [1.54, 1.807) is 6.92 Å². The first-order chi connectivity index (χ1) is 20.3. The Kier molecular flexibility index (Phi) is 13.0. The minimum atomic E-state index is -1.44. The number of aliphatic carboxylic acids is 1. The number of carbonyl (C=O) groups excluding carboxylic acids is 3. The van der Waals surface area contributed by atoms with Gasteiger partial charge in [-0.3, -0.25) is 14.4 Å². The molecule has 2 aliphatic heterocycles. The van der Waals surface area contributed by atoms with E-state index >= 15 is 0 Å². The van der Waals surface area contributed by atoms with Crippen LogP contribution < -0.4 is 0 Å². The molecule has 2 heterocycles. The Morgan fingerprint density at radius 2 is 1.72 bits per heavy atom. The first-order valence-corrected chi connectivity index (χ1v) is 16.1. The topological polar surface area (TPSA) is 149 Å². The van der Waals surface area contributed by atoms with Crippen molar-refractivity contribution in [2.45, 2.75) is 135 Å². The van der Waals surface area contributed by atoms with Crippen LogP contribution in [0.15, 0.2) is 0 Å². The maximum absolute atomic E-state index is 13.8. The molecule has 1 amide bonds. The highest BCUT2D eigenvalue weighted by molar-refractivity contribution is 6.39. The fourth-order valence-electron chi connectivity index (χ4n) is 7.14. The van der Waals surface area contributed by atoms with Gasteiger partial charge >= 0.3 is 11.9 Å². The summed E-state index contributed by atoms with van der Waals surface area (Å²) in [6.07, 6.45) is 4.56. The predicted octanol–water partition coefficient (Wildman–Crippen LogP) is 4.85. The molecule has 0 aromatic rings. The highest BCUT2D eigenvalue weighted by Crippen LogP contribution is 2.39.